The number of aromatic nitrogens is 1. The van der Waals surface area contributed by atoms with E-state index < -0.39 is 32.7 Å². The minimum absolute atomic E-state index is 0.374. The largest absolute Gasteiger partial charge is 0.462 e. The first-order valence-corrected chi connectivity index (χ1v) is 12.8. The molecule has 1 aliphatic heterocycles. The second-order valence-electron chi connectivity index (χ2n) is 7.49. The van der Waals surface area contributed by atoms with E-state index in [4.69, 9.17) is 13.8 Å². The van der Waals surface area contributed by atoms with Gasteiger partial charge in [0.25, 0.3) is 0 Å². The molecule has 0 radical (unpaired) electrons. The Morgan fingerprint density at radius 1 is 1.23 bits per heavy atom. The molecule has 10 heteroatoms. The van der Waals surface area contributed by atoms with Crippen molar-refractivity contribution in [2.24, 2.45) is 5.92 Å². The Kier molecular flexibility index (Phi) is 5.54. The first-order chi connectivity index (χ1) is 14.1. The molecule has 1 aliphatic carbocycles. The summed E-state index contributed by atoms with van der Waals surface area (Å²) in [7, 11) is -8.77. The van der Waals surface area contributed by atoms with Crippen molar-refractivity contribution in [2.45, 2.75) is 30.6 Å². The van der Waals surface area contributed by atoms with Crippen LogP contribution in [0.1, 0.15) is 30.3 Å². The third-order valence-electron chi connectivity index (χ3n) is 5.12. The van der Waals surface area contributed by atoms with E-state index in [1.165, 1.54) is 12.4 Å². The Morgan fingerprint density at radius 2 is 1.93 bits per heavy atom. The van der Waals surface area contributed by atoms with Gasteiger partial charge in [0.2, 0.25) is 5.08 Å². The topological polar surface area (TPSA) is 118 Å². The zero-order valence-electron chi connectivity index (χ0n) is 16.1. The fraction of sp³-hybridized carbons (Fsp3) is 0.300. The molecule has 0 spiro atoms. The molecule has 1 saturated heterocycles. The Morgan fingerprint density at radius 3 is 2.50 bits per heavy atom. The first-order valence-electron chi connectivity index (χ1n) is 9.35. The predicted molar refractivity (Wildman–Crippen MR) is 113 cm³/mol. The maximum atomic E-state index is 13.0. The molecule has 2 aliphatic rings. The second-order valence-corrected chi connectivity index (χ2v) is 12.2. The van der Waals surface area contributed by atoms with Gasteiger partial charge in [-0.1, -0.05) is 24.8 Å². The highest BCUT2D eigenvalue weighted by atomic mass is 31.2. The summed E-state index contributed by atoms with van der Waals surface area (Å²) in [5, 5.41) is 8.38. The minimum atomic E-state index is -4.76. The van der Waals surface area contributed by atoms with Crippen molar-refractivity contribution < 1.29 is 33.2 Å². The maximum Gasteiger partial charge on any atom is 0.371 e. The normalized spacial score (nSPS) is 33.8. The zero-order chi connectivity index (χ0) is 21.6. The van der Waals surface area contributed by atoms with E-state index in [2.05, 4.69) is 17.9 Å². The van der Waals surface area contributed by atoms with Crippen LogP contribution in [0.4, 0.5) is 0 Å². The zero-order valence-corrected chi connectivity index (χ0v) is 17.9. The number of rotatable bonds is 6. The summed E-state index contributed by atoms with van der Waals surface area (Å²) in [6.07, 6.45) is 6.87. The summed E-state index contributed by atoms with van der Waals surface area (Å²) in [5.74, 6) is 1.65. The van der Waals surface area contributed by atoms with Gasteiger partial charge >= 0.3 is 7.60 Å². The summed E-state index contributed by atoms with van der Waals surface area (Å²) in [6.45, 7) is 3.90. The predicted octanol–water partition coefficient (Wildman–Crippen LogP) is 3.78. The van der Waals surface area contributed by atoms with Crippen LogP contribution in [0.3, 0.4) is 0 Å². The molecule has 4 atom stereocenters. The highest BCUT2D eigenvalue weighted by Gasteiger charge is 2.62. The molecule has 2 aromatic rings. The van der Waals surface area contributed by atoms with E-state index in [-0.39, 0.29) is 0 Å². The highest BCUT2D eigenvalue weighted by molar-refractivity contribution is 7.78. The van der Waals surface area contributed by atoms with Gasteiger partial charge in [-0.2, -0.15) is 0 Å². The maximum absolute atomic E-state index is 13.0. The van der Waals surface area contributed by atoms with Crippen LogP contribution < -0.4 is 4.74 Å². The van der Waals surface area contributed by atoms with E-state index in [9.17, 15) is 19.5 Å². The van der Waals surface area contributed by atoms with Crippen molar-refractivity contribution in [1.82, 2.24) is 4.98 Å². The Bertz CT molecular complexity index is 1010. The van der Waals surface area contributed by atoms with Gasteiger partial charge < -0.3 is 19.6 Å². The van der Waals surface area contributed by atoms with E-state index >= 15 is 0 Å². The van der Waals surface area contributed by atoms with Crippen LogP contribution in [0.5, 0.6) is 5.75 Å². The fourth-order valence-corrected chi connectivity index (χ4v) is 7.11. The van der Waals surface area contributed by atoms with E-state index in [1.807, 2.05) is 0 Å². The van der Waals surface area contributed by atoms with Gasteiger partial charge in [0, 0.05) is 30.3 Å². The number of pyridine rings is 1. The Labute approximate surface area is 174 Å². The van der Waals surface area contributed by atoms with Gasteiger partial charge in [0.15, 0.2) is 13.6 Å². The van der Waals surface area contributed by atoms with Crippen LogP contribution in [-0.2, 0) is 20.0 Å². The van der Waals surface area contributed by atoms with Crippen molar-refractivity contribution in [2.75, 3.05) is 0 Å². The summed E-state index contributed by atoms with van der Waals surface area (Å²) in [4.78, 5) is 25.3. The van der Waals surface area contributed by atoms with E-state index in [1.54, 1.807) is 36.4 Å². The molecule has 0 amide bonds. The standard InChI is InChI=1S/C20H23NO7P2/c1-14(16-5-6-16)26-18-9-7-17(8-10-18)19-27-29(2,23)20(22,30(24,25)28-19)12-15-4-3-11-21-13-15/h3-4,7-11,13,16,19,22-23H,1-2,5-6,12H2,(H,24,25). The Balaban J connectivity index is 1.54. The van der Waals surface area contributed by atoms with Crippen molar-refractivity contribution in [3.8, 4) is 5.75 Å². The summed E-state index contributed by atoms with van der Waals surface area (Å²) < 4.78 is 29.4. The monoisotopic (exact) mass is 451 g/mol. The molecule has 4 rings (SSSR count). The molecule has 3 N–H and O–H groups in total. The number of hydrogen-bond acceptors (Lipinski definition) is 7. The van der Waals surface area contributed by atoms with Crippen molar-refractivity contribution >= 4 is 21.2 Å². The number of aliphatic hydroxyl groups is 1. The van der Waals surface area contributed by atoms with Gasteiger partial charge in [-0.15, -0.1) is 0 Å². The van der Waals surface area contributed by atoms with Crippen LogP contribution >= 0.6 is 14.9 Å². The van der Waals surface area contributed by atoms with Crippen LogP contribution in [0.2, 0.25) is 0 Å². The van der Waals surface area contributed by atoms with Crippen molar-refractivity contribution in [3.63, 3.8) is 0 Å². The van der Waals surface area contributed by atoms with Gasteiger partial charge in [-0.25, -0.2) is 0 Å². The van der Waals surface area contributed by atoms with Gasteiger partial charge in [-0.3, -0.25) is 18.6 Å². The lowest BCUT2D eigenvalue weighted by Gasteiger charge is -2.45. The fourth-order valence-electron chi connectivity index (χ4n) is 3.13. The van der Waals surface area contributed by atoms with Crippen LogP contribution in [0, 0.1) is 5.92 Å². The lowest BCUT2D eigenvalue weighted by molar-refractivity contribution is -0.0473. The molecule has 30 heavy (non-hydrogen) atoms. The third kappa shape index (κ3) is 4.05. The highest BCUT2D eigenvalue weighted by Crippen LogP contribution is 2.78. The van der Waals surface area contributed by atoms with Gasteiger partial charge in [0.05, 0.1) is 5.76 Å². The summed E-state index contributed by atoms with van der Waals surface area (Å²) in [6, 6.07) is 9.68. The first kappa shape index (κ1) is 21.5. The van der Waals surface area contributed by atoms with Crippen LogP contribution in [0.25, 0.3) is 0 Å². The number of ether oxygens (including phenoxy) is 1. The second kappa shape index (κ2) is 7.74. The average Bonchev–Trinajstić information content (AvgIpc) is 3.53. The lowest BCUT2D eigenvalue weighted by atomic mass is 10.2. The molecule has 2 heterocycles. The molecule has 160 valence electrons. The quantitative estimate of drug-likeness (QED) is 0.449. The molecule has 8 nitrogen and oxygen atoms in total. The Hall–Kier alpha value is -1.76. The number of hydrogen-bond donors (Lipinski definition) is 3. The third-order valence-corrected chi connectivity index (χ3v) is 10.2. The smallest absolute Gasteiger partial charge is 0.371 e. The molecule has 0 bridgehead atoms. The summed E-state index contributed by atoms with van der Waals surface area (Å²) in [5.41, 5.74) is 0.804. The van der Waals surface area contributed by atoms with Crippen LogP contribution in [0.15, 0.2) is 61.1 Å². The molecule has 4 unspecified atom stereocenters. The lowest BCUT2D eigenvalue weighted by Crippen LogP contribution is -2.38. The molecule has 1 aromatic carbocycles. The van der Waals surface area contributed by atoms with Gasteiger partial charge in [0.1, 0.15) is 5.75 Å². The number of benzene rings is 1. The molecule has 1 saturated carbocycles. The molecular weight excluding hydrogens is 428 g/mol. The number of allylic oxidation sites excluding steroid dienone is 1. The van der Waals surface area contributed by atoms with Crippen molar-refractivity contribution in [1.29, 1.82) is 0 Å². The SMILES string of the molecule is C=C(Oc1ccc(C2OP(=C)(O)C(O)(Cc3cccnc3)P(=O)(O)O2)cc1)C1CC1. The average molecular weight is 451 g/mol. The summed E-state index contributed by atoms with van der Waals surface area (Å²) >= 11 is 0. The van der Waals surface area contributed by atoms with Crippen LogP contribution in [-0.4, -0.2) is 31.3 Å². The molecule has 1 aromatic heterocycles. The molecular formula is C20H23NO7P2. The van der Waals surface area contributed by atoms with E-state index in [0.717, 1.165) is 12.8 Å². The van der Waals surface area contributed by atoms with E-state index in [0.29, 0.717) is 28.6 Å². The molecule has 2 fully saturated rings. The van der Waals surface area contributed by atoms with Gasteiger partial charge in [-0.05, 0) is 42.9 Å². The minimum Gasteiger partial charge on any atom is -0.462 e. The number of nitrogens with zero attached hydrogens (tertiary/aromatic N) is 1. The van der Waals surface area contributed by atoms with Crippen molar-refractivity contribution in [3.05, 3.63) is 72.3 Å².